The molecule has 1 unspecified atom stereocenters. The van der Waals surface area contributed by atoms with Crippen molar-refractivity contribution in [2.75, 3.05) is 38.2 Å². The Morgan fingerprint density at radius 1 is 1.33 bits per heavy atom. The third-order valence-electron chi connectivity index (χ3n) is 3.84. The van der Waals surface area contributed by atoms with E-state index in [1.165, 1.54) is 6.07 Å². The number of anilines is 1. The number of benzene rings is 1. The summed E-state index contributed by atoms with van der Waals surface area (Å²) >= 11 is 0. The molecule has 0 saturated carbocycles. The van der Waals surface area contributed by atoms with Gasteiger partial charge in [0.05, 0.1) is 11.0 Å². The number of nitrogens with one attached hydrogen (secondary N) is 2. The molecule has 1 fully saturated rings. The molecule has 2 aliphatic heterocycles. The average Bonchev–Trinajstić information content (AvgIpc) is 2.53. The van der Waals surface area contributed by atoms with Gasteiger partial charge in [0.1, 0.15) is 18.9 Å². The molecule has 2 heterocycles. The Hall–Kier alpha value is -2.02. The van der Waals surface area contributed by atoms with Crippen molar-refractivity contribution in [2.45, 2.75) is 12.8 Å². The zero-order chi connectivity index (χ0) is 14.7. The van der Waals surface area contributed by atoms with Crippen LogP contribution in [0.25, 0.3) is 0 Å². The molecular formula is C14H19N3O4. The molecule has 0 aromatic heterocycles. The van der Waals surface area contributed by atoms with E-state index in [0.717, 1.165) is 25.9 Å². The van der Waals surface area contributed by atoms with Crippen LogP contribution >= 0.6 is 0 Å². The van der Waals surface area contributed by atoms with Gasteiger partial charge in [-0.2, -0.15) is 0 Å². The summed E-state index contributed by atoms with van der Waals surface area (Å²) in [6.07, 6.45) is 2.29. The number of ether oxygens (including phenoxy) is 2. The summed E-state index contributed by atoms with van der Waals surface area (Å²) in [5.74, 6) is 1.50. The first kappa shape index (κ1) is 13.9. The fourth-order valence-electron chi connectivity index (χ4n) is 2.72. The predicted molar refractivity (Wildman–Crippen MR) is 78.2 cm³/mol. The van der Waals surface area contributed by atoms with Crippen LogP contribution < -0.4 is 20.1 Å². The maximum absolute atomic E-state index is 11.2. The lowest BCUT2D eigenvalue weighted by Gasteiger charge is -2.24. The summed E-state index contributed by atoms with van der Waals surface area (Å²) in [6.45, 7) is 3.61. The maximum atomic E-state index is 11.2. The largest absolute Gasteiger partial charge is 0.486 e. The molecule has 0 spiro atoms. The van der Waals surface area contributed by atoms with E-state index in [1.54, 1.807) is 6.07 Å². The molecule has 2 N–H and O–H groups in total. The van der Waals surface area contributed by atoms with Gasteiger partial charge in [0.2, 0.25) is 0 Å². The highest BCUT2D eigenvalue weighted by atomic mass is 16.6. The van der Waals surface area contributed by atoms with Crippen LogP contribution in [0.2, 0.25) is 0 Å². The van der Waals surface area contributed by atoms with E-state index < -0.39 is 0 Å². The van der Waals surface area contributed by atoms with E-state index in [9.17, 15) is 10.1 Å². The molecule has 7 nitrogen and oxygen atoms in total. The molecule has 1 saturated heterocycles. The van der Waals surface area contributed by atoms with Crippen molar-refractivity contribution in [2.24, 2.45) is 5.92 Å². The monoisotopic (exact) mass is 293 g/mol. The van der Waals surface area contributed by atoms with Crippen molar-refractivity contribution in [1.82, 2.24) is 5.32 Å². The highest BCUT2D eigenvalue weighted by Crippen LogP contribution is 2.39. The molecule has 0 amide bonds. The quantitative estimate of drug-likeness (QED) is 0.650. The van der Waals surface area contributed by atoms with Crippen molar-refractivity contribution >= 4 is 11.4 Å². The zero-order valence-corrected chi connectivity index (χ0v) is 11.8. The third kappa shape index (κ3) is 3.18. The van der Waals surface area contributed by atoms with Crippen LogP contribution in [0.3, 0.4) is 0 Å². The number of nitrogens with zero attached hydrogens (tertiary/aromatic N) is 1. The van der Waals surface area contributed by atoms with Gasteiger partial charge in [-0.25, -0.2) is 0 Å². The summed E-state index contributed by atoms with van der Waals surface area (Å²) < 4.78 is 10.9. The molecule has 2 aliphatic rings. The van der Waals surface area contributed by atoms with Gasteiger partial charge in [-0.15, -0.1) is 0 Å². The Morgan fingerprint density at radius 3 is 2.76 bits per heavy atom. The first-order valence-corrected chi connectivity index (χ1v) is 7.26. The van der Waals surface area contributed by atoms with Gasteiger partial charge in [-0.05, 0) is 31.8 Å². The topological polar surface area (TPSA) is 85.7 Å². The Morgan fingerprint density at radius 2 is 2.10 bits per heavy atom. The lowest BCUT2D eigenvalue weighted by molar-refractivity contribution is -0.384. The second-order valence-electron chi connectivity index (χ2n) is 5.36. The smallest absolute Gasteiger partial charge is 0.296 e. The average molecular weight is 293 g/mol. The van der Waals surface area contributed by atoms with Crippen LogP contribution in [-0.4, -0.2) is 37.8 Å². The highest BCUT2D eigenvalue weighted by Gasteiger charge is 2.23. The van der Waals surface area contributed by atoms with E-state index >= 15 is 0 Å². The van der Waals surface area contributed by atoms with E-state index in [2.05, 4.69) is 10.6 Å². The summed E-state index contributed by atoms with van der Waals surface area (Å²) in [4.78, 5) is 10.8. The zero-order valence-electron chi connectivity index (χ0n) is 11.8. The maximum Gasteiger partial charge on any atom is 0.296 e. The SMILES string of the molecule is O=[N+]([O-])c1cc2c(cc1NCC1CCCNC1)OCCO2. The van der Waals surface area contributed by atoms with Gasteiger partial charge in [-0.3, -0.25) is 10.1 Å². The van der Waals surface area contributed by atoms with Gasteiger partial charge < -0.3 is 20.1 Å². The summed E-state index contributed by atoms with van der Waals surface area (Å²) in [7, 11) is 0. The van der Waals surface area contributed by atoms with Crippen LogP contribution in [0.5, 0.6) is 11.5 Å². The summed E-state index contributed by atoms with van der Waals surface area (Å²) in [5.41, 5.74) is 0.526. The third-order valence-corrected chi connectivity index (χ3v) is 3.84. The summed E-state index contributed by atoms with van der Waals surface area (Å²) in [6, 6.07) is 3.11. The first-order valence-electron chi connectivity index (χ1n) is 7.26. The Balaban J connectivity index is 1.77. The van der Waals surface area contributed by atoms with Crippen molar-refractivity contribution < 1.29 is 14.4 Å². The molecule has 3 rings (SSSR count). The molecule has 0 aliphatic carbocycles. The summed E-state index contributed by atoms with van der Waals surface area (Å²) in [5, 5.41) is 17.8. The fraction of sp³-hybridized carbons (Fsp3) is 0.571. The van der Waals surface area contributed by atoms with Crippen molar-refractivity contribution in [3.05, 3.63) is 22.2 Å². The van der Waals surface area contributed by atoms with Gasteiger partial charge in [0, 0.05) is 12.6 Å². The number of piperidine rings is 1. The van der Waals surface area contributed by atoms with E-state index in [1.807, 2.05) is 0 Å². The first-order chi connectivity index (χ1) is 10.2. The Kier molecular flexibility index (Phi) is 4.10. The van der Waals surface area contributed by atoms with Crippen LogP contribution in [0.1, 0.15) is 12.8 Å². The lowest BCUT2D eigenvalue weighted by Crippen LogP contribution is -2.33. The van der Waals surface area contributed by atoms with Gasteiger partial charge in [-0.1, -0.05) is 0 Å². The molecule has 1 aromatic rings. The number of rotatable bonds is 4. The fourth-order valence-corrected chi connectivity index (χ4v) is 2.72. The number of fused-ring (bicyclic) bond motifs is 1. The minimum atomic E-state index is -0.389. The van der Waals surface area contributed by atoms with E-state index in [-0.39, 0.29) is 10.6 Å². The minimum Gasteiger partial charge on any atom is -0.486 e. The van der Waals surface area contributed by atoms with Crippen LogP contribution in [0.4, 0.5) is 11.4 Å². The standard InChI is InChI=1S/C14H19N3O4/c18-17(19)12-7-14-13(20-4-5-21-14)6-11(12)16-9-10-2-1-3-15-8-10/h6-7,10,15-16H,1-5,8-9H2. The molecule has 1 aromatic carbocycles. The van der Waals surface area contributed by atoms with Gasteiger partial charge in [0.25, 0.3) is 5.69 Å². The molecule has 7 heteroatoms. The molecule has 0 radical (unpaired) electrons. The molecular weight excluding hydrogens is 274 g/mol. The van der Waals surface area contributed by atoms with Crippen LogP contribution in [0, 0.1) is 16.0 Å². The Labute approximate surface area is 122 Å². The number of hydrogen-bond acceptors (Lipinski definition) is 6. The molecule has 114 valence electrons. The number of nitro benzene ring substituents is 1. The van der Waals surface area contributed by atoms with E-state index in [0.29, 0.717) is 42.9 Å². The Bertz CT molecular complexity index is 529. The minimum absolute atomic E-state index is 0.0306. The molecule has 1 atom stereocenters. The normalized spacial score (nSPS) is 20.9. The second-order valence-corrected chi connectivity index (χ2v) is 5.36. The van der Waals surface area contributed by atoms with Crippen molar-refractivity contribution in [3.8, 4) is 11.5 Å². The van der Waals surface area contributed by atoms with Gasteiger partial charge in [0.15, 0.2) is 11.5 Å². The van der Waals surface area contributed by atoms with Crippen molar-refractivity contribution in [1.29, 1.82) is 0 Å². The number of hydrogen-bond donors (Lipinski definition) is 2. The molecule has 21 heavy (non-hydrogen) atoms. The number of nitro groups is 1. The molecule has 0 bridgehead atoms. The second kappa shape index (κ2) is 6.17. The van der Waals surface area contributed by atoms with E-state index in [4.69, 9.17) is 9.47 Å². The van der Waals surface area contributed by atoms with Gasteiger partial charge >= 0.3 is 0 Å². The van der Waals surface area contributed by atoms with Crippen molar-refractivity contribution in [3.63, 3.8) is 0 Å². The highest BCUT2D eigenvalue weighted by molar-refractivity contribution is 5.68. The van der Waals surface area contributed by atoms with Crippen LogP contribution in [0.15, 0.2) is 12.1 Å². The van der Waals surface area contributed by atoms with Crippen LogP contribution in [-0.2, 0) is 0 Å². The lowest BCUT2D eigenvalue weighted by atomic mass is 9.99. The predicted octanol–water partition coefficient (Wildman–Crippen LogP) is 1.78.